The number of hydrogen-bond acceptors (Lipinski definition) is 3. The van der Waals surface area contributed by atoms with Gasteiger partial charge in [0, 0.05) is 22.6 Å². The van der Waals surface area contributed by atoms with E-state index in [2.05, 4.69) is 20.9 Å². The number of benzene rings is 2. The smallest absolute Gasteiger partial charge is 0.262 e. The lowest BCUT2D eigenvalue weighted by Crippen LogP contribution is -2.30. The van der Waals surface area contributed by atoms with E-state index in [0.29, 0.717) is 17.9 Å². The van der Waals surface area contributed by atoms with Crippen molar-refractivity contribution in [1.29, 1.82) is 0 Å². The van der Waals surface area contributed by atoms with Crippen LogP contribution < -0.4 is 9.64 Å². The summed E-state index contributed by atoms with van der Waals surface area (Å²) in [7, 11) is 1.56. The van der Waals surface area contributed by atoms with E-state index < -0.39 is 0 Å². The summed E-state index contributed by atoms with van der Waals surface area (Å²) in [6.07, 6.45) is 3.48. The van der Waals surface area contributed by atoms with Crippen LogP contribution in [0.5, 0.6) is 5.75 Å². The molecule has 0 aliphatic heterocycles. The van der Waals surface area contributed by atoms with E-state index in [-0.39, 0.29) is 5.91 Å². The number of para-hydroxylation sites is 1. The Balaban J connectivity index is 2.02. The fourth-order valence-electron chi connectivity index (χ4n) is 2.56. The zero-order valence-electron chi connectivity index (χ0n) is 13.7. The van der Waals surface area contributed by atoms with Crippen molar-refractivity contribution in [2.45, 2.75) is 6.54 Å². The number of pyridine rings is 1. The largest absolute Gasteiger partial charge is 0.496 e. The van der Waals surface area contributed by atoms with Crippen LogP contribution in [0.4, 0.5) is 5.69 Å². The molecular weight excluding hydrogens is 380 g/mol. The molecule has 25 heavy (non-hydrogen) atoms. The van der Waals surface area contributed by atoms with E-state index >= 15 is 0 Å². The lowest BCUT2D eigenvalue weighted by Gasteiger charge is -2.24. The highest BCUT2D eigenvalue weighted by Crippen LogP contribution is 2.27. The predicted molar refractivity (Wildman–Crippen MR) is 102 cm³/mol. The molecule has 0 spiro atoms. The second-order valence-electron chi connectivity index (χ2n) is 5.43. The van der Waals surface area contributed by atoms with Crippen molar-refractivity contribution >= 4 is 27.5 Å². The number of anilines is 1. The molecule has 0 fully saturated rings. The molecule has 5 heteroatoms. The standard InChI is InChI=1S/C20H17BrN2O2/c1-25-19-10-9-16(21)12-18(19)20(24)23(17-7-3-2-4-8-17)14-15-6-5-11-22-13-15/h2-13H,14H2,1H3. The molecule has 0 saturated carbocycles. The van der Waals surface area contributed by atoms with Crippen LogP contribution in [0.25, 0.3) is 0 Å². The van der Waals surface area contributed by atoms with Gasteiger partial charge in [0.15, 0.2) is 0 Å². The molecule has 126 valence electrons. The van der Waals surface area contributed by atoms with E-state index in [9.17, 15) is 4.79 Å². The molecule has 0 N–H and O–H groups in total. The summed E-state index contributed by atoms with van der Waals surface area (Å²) < 4.78 is 6.20. The summed E-state index contributed by atoms with van der Waals surface area (Å²) in [6.45, 7) is 0.423. The van der Waals surface area contributed by atoms with Gasteiger partial charge in [0.1, 0.15) is 5.75 Å². The second kappa shape index (κ2) is 7.94. The van der Waals surface area contributed by atoms with Gasteiger partial charge in [-0.1, -0.05) is 40.2 Å². The summed E-state index contributed by atoms with van der Waals surface area (Å²) >= 11 is 3.43. The third kappa shape index (κ3) is 4.06. The zero-order chi connectivity index (χ0) is 17.6. The second-order valence-corrected chi connectivity index (χ2v) is 6.35. The van der Waals surface area contributed by atoms with E-state index in [1.807, 2.05) is 48.5 Å². The van der Waals surface area contributed by atoms with Crippen molar-refractivity contribution in [2.75, 3.05) is 12.0 Å². The van der Waals surface area contributed by atoms with Gasteiger partial charge in [0.25, 0.3) is 5.91 Å². The van der Waals surface area contributed by atoms with Crippen LogP contribution in [0.15, 0.2) is 77.5 Å². The number of hydrogen-bond donors (Lipinski definition) is 0. The summed E-state index contributed by atoms with van der Waals surface area (Å²) in [4.78, 5) is 19.2. The molecule has 0 aliphatic carbocycles. The molecule has 1 aromatic heterocycles. The summed E-state index contributed by atoms with van der Waals surface area (Å²) in [6, 6.07) is 18.8. The van der Waals surface area contributed by atoms with E-state index in [4.69, 9.17) is 4.74 Å². The van der Waals surface area contributed by atoms with Gasteiger partial charge in [-0.25, -0.2) is 0 Å². The Bertz CT molecular complexity index is 854. The van der Waals surface area contributed by atoms with Crippen molar-refractivity contribution in [2.24, 2.45) is 0 Å². The number of carbonyl (C=O) groups is 1. The Kier molecular flexibility index (Phi) is 5.46. The molecular formula is C20H17BrN2O2. The number of halogens is 1. The van der Waals surface area contributed by atoms with Gasteiger partial charge in [0.2, 0.25) is 0 Å². The monoisotopic (exact) mass is 396 g/mol. The first kappa shape index (κ1) is 17.2. The molecule has 0 saturated heterocycles. The summed E-state index contributed by atoms with van der Waals surface area (Å²) in [5.74, 6) is 0.411. The van der Waals surface area contributed by atoms with Crippen LogP contribution in [0.1, 0.15) is 15.9 Å². The van der Waals surface area contributed by atoms with Crippen molar-refractivity contribution < 1.29 is 9.53 Å². The maximum Gasteiger partial charge on any atom is 0.262 e. The highest BCUT2D eigenvalue weighted by atomic mass is 79.9. The molecule has 4 nitrogen and oxygen atoms in total. The first-order valence-electron chi connectivity index (χ1n) is 7.78. The maximum absolute atomic E-state index is 13.3. The minimum atomic E-state index is -0.131. The third-order valence-corrected chi connectivity index (χ3v) is 4.26. The van der Waals surface area contributed by atoms with Crippen LogP contribution >= 0.6 is 15.9 Å². The Hall–Kier alpha value is -2.66. The van der Waals surface area contributed by atoms with Gasteiger partial charge in [-0.15, -0.1) is 0 Å². The molecule has 0 radical (unpaired) electrons. The molecule has 2 aromatic carbocycles. The number of methoxy groups -OCH3 is 1. The highest BCUT2D eigenvalue weighted by molar-refractivity contribution is 9.10. The normalized spacial score (nSPS) is 10.3. The number of ether oxygens (including phenoxy) is 1. The molecule has 0 aliphatic rings. The van der Waals surface area contributed by atoms with Gasteiger partial charge in [-0.05, 0) is 42.0 Å². The fraction of sp³-hybridized carbons (Fsp3) is 0.100. The minimum Gasteiger partial charge on any atom is -0.496 e. The number of aromatic nitrogens is 1. The Morgan fingerprint density at radius 1 is 1.12 bits per heavy atom. The number of amides is 1. The zero-order valence-corrected chi connectivity index (χ0v) is 15.3. The SMILES string of the molecule is COc1ccc(Br)cc1C(=O)N(Cc1cccnc1)c1ccccc1. The van der Waals surface area contributed by atoms with Gasteiger partial charge in [0.05, 0.1) is 19.2 Å². The molecule has 0 unspecified atom stereocenters. The van der Waals surface area contributed by atoms with Crippen LogP contribution in [-0.4, -0.2) is 18.0 Å². The first-order chi connectivity index (χ1) is 12.2. The molecule has 1 amide bonds. The van der Waals surface area contributed by atoms with Crippen LogP contribution in [-0.2, 0) is 6.54 Å². The molecule has 3 aromatic rings. The minimum absolute atomic E-state index is 0.131. The van der Waals surface area contributed by atoms with Gasteiger partial charge in [-0.2, -0.15) is 0 Å². The van der Waals surface area contributed by atoms with E-state index in [1.54, 1.807) is 36.5 Å². The Morgan fingerprint density at radius 2 is 1.92 bits per heavy atom. The molecule has 3 rings (SSSR count). The number of nitrogens with zero attached hydrogens (tertiary/aromatic N) is 2. The molecule has 0 bridgehead atoms. The summed E-state index contributed by atoms with van der Waals surface area (Å²) in [5, 5.41) is 0. The van der Waals surface area contributed by atoms with Crippen LogP contribution in [0.3, 0.4) is 0 Å². The first-order valence-corrected chi connectivity index (χ1v) is 8.57. The molecule has 1 heterocycles. The van der Waals surface area contributed by atoms with Crippen molar-refractivity contribution in [1.82, 2.24) is 4.98 Å². The van der Waals surface area contributed by atoms with Crippen molar-refractivity contribution in [3.63, 3.8) is 0 Å². The van der Waals surface area contributed by atoms with Gasteiger partial charge < -0.3 is 9.64 Å². The lowest BCUT2D eigenvalue weighted by atomic mass is 10.1. The average Bonchev–Trinajstić information content (AvgIpc) is 2.67. The lowest BCUT2D eigenvalue weighted by molar-refractivity contribution is 0.0982. The van der Waals surface area contributed by atoms with Crippen molar-refractivity contribution in [3.05, 3.63) is 88.7 Å². The van der Waals surface area contributed by atoms with E-state index in [0.717, 1.165) is 15.7 Å². The quantitative estimate of drug-likeness (QED) is 0.627. The van der Waals surface area contributed by atoms with Crippen LogP contribution in [0, 0.1) is 0 Å². The highest BCUT2D eigenvalue weighted by Gasteiger charge is 2.22. The van der Waals surface area contributed by atoms with Gasteiger partial charge in [-0.3, -0.25) is 9.78 Å². The predicted octanol–water partition coefficient (Wildman–Crippen LogP) is 4.70. The Morgan fingerprint density at radius 3 is 2.60 bits per heavy atom. The average molecular weight is 397 g/mol. The summed E-state index contributed by atoms with van der Waals surface area (Å²) in [5.41, 5.74) is 2.27. The maximum atomic E-state index is 13.3. The third-order valence-electron chi connectivity index (χ3n) is 3.77. The van der Waals surface area contributed by atoms with Gasteiger partial charge >= 0.3 is 0 Å². The topological polar surface area (TPSA) is 42.4 Å². The van der Waals surface area contributed by atoms with Crippen molar-refractivity contribution in [3.8, 4) is 5.75 Å². The van der Waals surface area contributed by atoms with Crippen LogP contribution in [0.2, 0.25) is 0 Å². The number of rotatable bonds is 5. The molecule has 0 atom stereocenters. The fourth-order valence-corrected chi connectivity index (χ4v) is 2.92. The Labute approximate surface area is 155 Å². The number of carbonyl (C=O) groups excluding carboxylic acids is 1. The van der Waals surface area contributed by atoms with E-state index in [1.165, 1.54) is 0 Å².